The van der Waals surface area contributed by atoms with Gasteiger partial charge in [0.2, 0.25) is 0 Å². The van der Waals surface area contributed by atoms with Crippen LogP contribution in [0.3, 0.4) is 0 Å². The van der Waals surface area contributed by atoms with Crippen LogP contribution in [0.2, 0.25) is 29.7 Å². The highest BCUT2D eigenvalue weighted by atomic mass is 35.5. The summed E-state index contributed by atoms with van der Waals surface area (Å²) >= 11 is 12.0. The SMILES string of the molecule is C[Si](C)(C)OC1c2c(c3cc(Cl)cc(Cl)c3n2C(F)(F)F)CCC1(F)F. The molecule has 3 rings (SSSR count). The molecule has 10 heteroatoms. The summed E-state index contributed by atoms with van der Waals surface area (Å²) in [5.41, 5.74) is -0.776. The molecule has 1 aliphatic carbocycles. The molecule has 0 radical (unpaired) electrons. The number of rotatable bonds is 2. The predicted octanol–water partition coefficient (Wildman–Crippen LogP) is 6.90. The lowest BCUT2D eigenvalue weighted by Gasteiger charge is -2.37. The van der Waals surface area contributed by atoms with Gasteiger partial charge in [-0.2, -0.15) is 0 Å². The zero-order valence-corrected chi connectivity index (χ0v) is 16.7. The number of alkyl halides is 5. The summed E-state index contributed by atoms with van der Waals surface area (Å²) in [4.78, 5) is 0. The number of aryl methyl sites for hydroxylation is 1. The van der Waals surface area contributed by atoms with Crippen LogP contribution in [-0.4, -0.2) is 18.8 Å². The van der Waals surface area contributed by atoms with Gasteiger partial charge in [-0.15, -0.1) is 13.2 Å². The Bertz CT molecular complexity index is 872. The van der Waals surface area contributed by atoms with Crippen LogP contribution in [0.1, 0.15) is 23.8 Å². The van der Waals surface area contributed by atoms with Gasteiger partial charge in [0.15, 0.2) is 14.4 Å². The summed E-state index contributed by atoms with van der Waals surface area (Å²) < 4.78 is 76.3. The molecule has 1 heterocycles. The zero-order chi connectivity index (χ0) is 19.7. The monoisotopic (exact) mass is 431 g/mol. The summed E-state index contributed by atoms with van der Waals surface area (Å²) in [6.45, 7) is 4.96. The maximum absolute atomic E-state index is 14.6. The van der Waals surface area contributed by atoms with Gasteiger partial charge in [-0.3, -0.25) is 4.57 Å². The number of benzene rings is 1. The Morgan fingerprint density at radius 2 is 1.81 bits per heavy atom. The molecule has 1 aliphatic rings. The zero-order valence-electron chi connectivity index (χ0n) is 14.1. The van der Waals surface area contributed by atoms with Gasteiger partial charge in [-0.25, -0.2) is 8.78 Å². The van der Waals surface area contributed by atoms with Gasteiger partial charge in [-0.1, -0.05) is 23.2 Å². The molecule has 1 aromatic heterocycles. The van der Waals surface area contributed by atoms with Crippen LogP contribution < -0.4 is 0 Å². The van der Waals surface area contributed by atoms with Gasteiger partial charge in [0.25, 0.3) is 5.92 Å². The highest BCUT2D eigenvalue weighted by Gasteiger charge is 2.52. The standard InChI is InChI=1S/C16H16Cl2F5NOSi/c1-26(2,3)25-14-13-9(4-5-15(14,19)20)10-6-8(17)7-11(18)12(10)24(13)16(21,22)23/h6-7,14H,4-5H2,1-3H3. The second kappa shape index (κ2) is 6.09. The molecule has 1 aromatic carbocycles. The highest BCUT2D eigenvalue weighted by Crippen LogP contribution is 2.51. The Balaban J connectivity index is 2.42. The van der Waals surface area contributed by atoms with E-state index in [4.69, 9.17) is 27.6 Å². The Hall–Kier alpha value is -0.833. The number of hydrogen-bond acceptors (Lipinski definition) is 1. The van der Waals surface area contributed by atoms with E-state index in [-0.39, 0.29) is 37.5 Å². The van der Waals surface area contributed by atoms with Crippen molar-refractivity contribution >= 4 is 42.4 Å². The van der Waals surface area contributed by atoms with Gasteiger partial charge in [-0.05, 0) is 43.8 Å². The minimum absolute atomic E-state index is 0.0613. The van der Waals surface area contributed by atoms with Crippen molar-refractivity contribution in [1.82, 2.24) is 4.57 Å². The third-order valence-corrected chi connectivity index (χ3v) is 5.64. The first-order valence-corrected chi connectivity index (χ1v) is 12.0. The van der Waals surface area contributed by atoms with E-state index in [1.807, 2.05) is 0 Å². The van der Waals surface area contributed by atoms with Crippen molar-refractivity contribution in [3.63, 3.8) is 0 Å². The summed E-state index contributed by atoms with van der Waals surface area (Å²) in [7, 11) is -2.58. The number of aromatic nitrogens is 1. The molecule has 2 nitrogen and oxygen atoms in total. The Morgan fingerprint density at radius 3 is 2.35 bits per heavy atom. The Morgan fingerprint density at radius 1 is 1.19 bits per heavy atom. The van der Waals surface area contributed by atoms with Crippen molar-refractivity contribution in [2.24, 2.45) is 0 Å². The summed E-state index contributed by atoms with van der Waals surface area (Å²) in [6, 6.07) is 2.50. The molecular weight excluding hydrogens is 416 g/mol. The highest BCUT2D eigenvalue weighted by molar-refractivity contribution is 6.69. The van der Waals surface area contributed by atoms with E-state index in [0.717, 1.165) is 0 Å². The summed E-state index contributed by atoms with van der Waals surface area (Å²) in [5.74, 6) is -3.42. The van der Waals surface area contributed by atoms with Crippen LogP contribution in [0.4, 0.5) is 22.0 Å². The van der Waals surface area contributed by atoms with E-state index in [9.17, 15) is 22.0 Å². The molecule has 1 atom stereocenters. The first-order valence-electron chi connectivity index (χ1n) is 7.87. The molecule has 2 aromatic rings. The van der Waals surface area contributed by atoms with Crippen LogP contribution in [0.5, 0.6) is 0 Å². The van der Waals surface area contributed by atoms with Crippen molar-refractivity contribution < 1.29 is 26.4 Å². The number of halogens is 7. The molecule has 144 valence electrons. The van der Waals surface area contributed by atoms with Gasteiger partial charge in [0.05, 0.1) is 16.2 Å². The lowest BCUT2D eigenvalue weighted by molar-refractivity contribution is -0.208. The molecule has 0 saturated heterocycles. The molecule has 0 amide bonds. The fraction of sp³-hybridized carbons (Fsp3) is 0.500. The molecule has 0 spiro atoms. The summed E-state index contributed by atoms with van der Waals surface area (Å²) in [5, 5.41) is 0.0356. The Labute approximate surface area is 157 Å². The van der Waals surface area contributed by atoms with Gasteiger partial charge in [0, 0.05) is 16.8 Å². The van der Waals surface area contributed by atoms with Gasteiger partial charge in [0.1, 0.15) is 0 Å². The third kappa shape index (κ3) is 3.36. The van der Waals surface area contributed by atoms with Crippen LogP contribution in [0.25, 0.3) is 10.9 Å². The van der Waals surface area contributed by atoms with Crippen LogP contribution in [0.15, 0.2) is 12.1 Å². The molecule has 1 unspecified atom stereocenters. The van der Waals surface area contributed by atoms with Gasteiger partial charge >= 0.3 is 6.30 Å². The van der Waals surface area contributed by atoms with E-state index >= 15 is 0 Å². The van der Waals surface area contributed by atoms with E-state index in [1.54, 1.807) is 19.6 Å². The average molecular weight is 432 g/mol. The number of hydrogen-bond donors (Lipinski definition) is 0. The first kappa shape index (κ1) is 19.9. The molecular formula is C16H16Cl2F5NOSi. The quantitative estimate of drug-likeness (QED) is 0.372. The predicted molar refractivity (Wildman–Crippen MR) is 93.7 cm³/mol. The van der Waals surface area contributed by atoms with Crippen LogP contribution in [0, 0.1) is 0 Å². The van der Waals surface area contributed by atoms with Gasteiger partial charge < -0.3 is 4.43 Å². The van der Waals surface area contributed by atoms with Crippen molar-refractivity contribution in [1.29, 1.82) is 0 Å². The first-order chi connectivity index (χ1) is 11.7. The third-order valence-electron chi connectivity index (χ3n) is 4.19. The average Bonchev–Trinajstić information content (AvgIpc) is 2.75. The van der Waals surface area contributed by atoms with Crippen molar-refractivity contribution in [3.05, 3.63) is 33.4 Å². The smallest absolute Gasteiger partial charge is 0.404 e. The topological polar surface area (TPSA) is 14.2 Å². The summed E-state index contributed by atoms with van der Waals surface area (Å²) in [6.07, 6.45) is -7.74. The second-order valence-corrected chi connectivity index (χ2v) is 12.6. The lowest BCUT2D eigenvalue weighted by atomic mass is 9.90. The van der Waals surface area contributed by atoms with Crippen molar-refractivity contribution in [2.45, 2.75) is 50.8 Å². The van der Waals surface area contributed by atoms with E-state index in [2.05, 4.69) is 0 Å². The molecule has 0 fully saturated rings. The molecule has 26 heavy (non-hydrogen) atoms. The van der Waals surface area contributed by atoms with Crippen LogP contribution in [-0.2, 0) is 17.1 Å². The maximum Gasteiger partial charge on any atom is 0.489 e. The normalized spacial score (nSPS) is 20.5. The van der Waals surface area contributed by atoms with Crippen LogP contribution >= 0.6 is 23.2 Å². The fourth-order valence-electron chi connectivity index (χ4n) is 3.34. The van der Waals surface area contributed by atoms with Crippen molar-refractivity contribution in [2.75, 3.05) is 0 Å². The molecule has 0 bridgehead atoms. The van der Waals surface area contributed by atoms with E-state index < -0.39 is 38.8 Å². The molecule has 0 saturated carbocycles. The number of nitrogens with zero attached hydrogens (tertiary/aromatic N) is 1. The van der Waals surface area contributed by atoms with E-state index in [0.29, 0.717) is 0 Å². The molecule has 0 aliphatic heterocycles. The minimum atomic E-state index is -4.93. The minimum Gasteiger partial charge on any atom is -0.404 e. The Kier molecular flexibility index (Phi) is 4.66. The second-order valence-electron chi connectivity index (χ2n) is 7.32. The largest absolute Gasteiger partial charge is 0.489 e. The maximum atomic E-state index is 14.6. The molecule has 0 N–H and O–H groups in total. The fourth-order valence-corrected chi connectivity index (χ4v) is 4.91. The number of fused-ring (bicyclic) bond motifs is 3. The van der Waals surface area contributed by atoms with E-state index in [1.165, 1.54) is 12.1 Å². The lowest BCUT2D eigenvalue weighted by Crippen LogP contribution is -2.42. The van der Waals surface area contributed by atoms with Crippen molar-refractivity contribution in [3.8, 4) is 0 Å².